The summed E-state index contributed by atoms with van der Waals surface area (Å²) in [4.78, 5) is 0. The number of hydrogen-bond donors (Lipinski definition) is 2. The van der Waals surface area contributed by atoms with Crippen LogP contribution in [0, 0.1) is 0 Å². The lowest BCUT2D eigenvalue weighted by Gasteiger charge is -2.08. The number of nitrogens with one attached hydrogen (secondary N) is 1. The third-order valence-electron chi connectivity index (χ3n) is 1.99. The highest BCUT2D eigenvalue weighted by atomic mass is 35.5. The van der Waals surface area contributed by atoms with Crippen LogP contribution in [0.2, 0.25) is 5.02 Å². The van der Waals surface area contributed by atoms with Crippen molar-refractivity contribution in [2.24, 2.45) is 0 Å². The molecule has 14 heavy (non-hydrogen) atoms. The molecular formula is C10H14ClNO2. The maximum Gasteiger partial charge on any atom is 0.161 e. The van der Waals surface area contributed by atoms with E-state index in [9.17, 15) is 5.11 Å². The third-order valence-corrected chi connectivity index (χ3v) is 2.34. The number of hydrogen-bond acceptors (Lipinski definition) is 3. The quantitative estimate of drug-likeness (QED) is 0.805. The molecule has 0 aliphatic carbocycles. The normalized spacial score (nSPS) is 10.2. The first-order valence-corrected chi connectivity index (χ1v) is 4.76. The number of benzene rings is 1. The standard InChI is InChI=1S/C10H14ClNO2/c1-12-4-3-7-5-9(13)10(14-2)6-8(7)11/h5-6,12-13H,3-4H2,1-2H3. The molecule has 3 nitrogen and oxygen atoms in total. The molecule has 2 N–H and O–H groups in total. The van der Waals surface area contributed by atoms with E-state index in [4.69, 9.17) is 16.3 Å². The van der Waals surface area contributed by atoms with Crippen molar-refractivity contribution in [2.45, 2.75) is 6.42 Å². The van der Waals surface area contributed by atoms with Crippen LogP contribution in [-0.2, 0) is 6.42 Å². The number of rotatable bonds is 4. The summed E-state index contributed by atoms with van der Waals surface area (Å²) in [6.07, 6.45) is 0.785. The van der Waals surface area contributed by atoms with E-state index >= 15 is 0 Å². The van der Waals surface area contributed by atoms with Gasteiger partial charge in [0.15, 0.2) is 11.5 Å². The molecule has 0 saturated heterocycles. The fourth-order valence-electron chi connectivity index (χ4n) is 1.20. The lowest BCUT2D eigenvalue weighted by molar-refractivity contribution is 0.373. The first-order chi connectivity index (χ1) is 6.69. The van der Waals surface area contributed by atoms with Gasteiger partial charge in [0.1, 0.15) is 0 Å². The van der Waals surface area contributed by atoms with E-state index in [0.29, 0.717) is 10.8 Å². The number of phenols is 1. The van der Waals surface area contributed by atoms with E-state index in [0.717, 1.165) is 18.5 Å². The molecule has 0 aliphatic rings. The molecule has 0 fully saturated rings. The SMILES string of the molecule is CNCCc1cc(O)c(OC)cc1Cl. The van der Waals surface area contributed by atoms with Gasteiger partial charge in [0.05, 0.1) is 7.11 Å². The topological polar surface area (TPSA) is 41.5 Å². The highest BCUT2D eigenvalue weighted by molar-refractivity contribution is 6.31. The van der Waals surface area contributed by atoms with Crippen molar-refractivity contribution in [1.29, 1.82) is 0 Å². The molecule has 0 aromatic heterocycles. The van der Waals surface area contributed by atoms with Crippen LogP contribution >= 0.6 is 11.6 Å². The summed E-state index contributed by atoms with van der Waals surface area (Å²) in [6.45, 7) is 0.825. The van der Waals surface area contributed by atoms with Gasteiger partial charge < -0.3 is 15.2 Å². The molecule has 1 aromatic rings. The Kier molecular flexibility index (Phi) is 4.04. The smallest absolute Gasteiger partial charge is 0.161 e. The monoisotopic (exact) mass is 215 g/mol. The van der Waals surface area contributed by atoms with Gasteiger partial charge in [0.2, 0.25) is 0 Å². The van der Waals surface area contributed by atoms with Crippen LogP contribution in [-0.4, -0.2) is 25.8 Å². The van der Waals surface area contributed by atoms with Gasteiger partial charge in [-0.3, -0.25) is 0 Å². The van der Waals surface area contributed by atoms with Crippen LogP contribution in [0.4, 0.5) is 0 Å². The van der Waals surface area contributed by atoms with Crippen LogP contribution in [0.3, 0.4) is 0 Å². The minimum absolute atomic E-state index is 0.128. The zero-order valence-corrected chi connectivity index (χ0v) is 9.06. The van der Waals surface area contributed by atoms with Gasteiger partial charge >= 0.3 is 0 Å². The van der Waals surface area contributed by atoms with Gasteiger partial charge in [0, 0.05) is 11.1 Å². The second kappa shape index (κ2) is 5.08. The molecule has 0 radical (unpaired) electrons. The Hall–Kier alpha value is -0.930. The van der Waals surface area contributed by atoms with Crippen molar-refractivity contribution in [3.63, 3.8) is 0 Å². The number of ether oxygens (including phenoxy) is 1. The first-order valence-electron chi connectivity index (χ1n) is 4.39. The van der Waals surface area contributed by atoms with E-state index in [-0.39, 0.29) is 5.75 Å². The largest absolute Gasteiger partial charge is 0.504 e. The molecule has 1 rings (SSSR count). The summed E-state index contributed by atoms with van der Waals surface area (Å²) in [5, 5.41) is 13.2. The van der Waals surface area contributed by atoms with Crippen LogP contribution < -0.4 is 10.1 Å². The van der Waals surface area contributed by atoms with Crippen LogP contribution in [0.15, 0.2) is 12.1 Å². The summed E-state index contributed by atoms with van der Waals surface area (Å²) < 4.78 is 4.94. The molecule has 0 heterocycles. The van der Waals surface area contributed by atoms with E-state index in [1.54, 1.807) is 12.1 Å². The fourth-order valence-corrected chi connectivity index (χ4v) is 1.45. The Morgan fingerprint density at radius 2 is 2.21 bits per heavy atom. The Morgan fingerprint density at radius 1 is 1.50 bits per heavy atom. The Bertz CT molecular complexity index is 315. The van der Waals surface area contributed by atoms with E-state index in [1.165, 1.54) is 7.11 Å². The minimum Gasteiger partial charge on any atom is -0.504 e. The number of likely N-dealkylation sites (N-methyl/N-ethyl adjacent to an activating group) is 1. The van der Waals surface area contributed by atoms with Gasteiger partial charge in [-0.25, -0.2) is 0 Å². The average molecular weight is 216 g/mol. The molecule has 0 aliphatic heterocycles. The predicted molar refractivity (Wildman–Crippen MR) is 57.3 cm³/mol. The average Bonchev–Trinajstić information content (AvgIpc) is 2.18. The van der Waals surface area contributed by atoms with E-state index in [1.807, 2.05) is 7.05 Å². The minimum atomic E-state index is 0.128. The van der Waals surface area contributed by atoms with Gasteiger partial charge in [-0.1, -0.05) is 11.6 Å². The van der Waals surface area contributed by atoms with Gasteiger partial charge in [-0.2, -0.15) is 0 Å². The van der Waals surface area contributed by atoms with Crippen molar-refractivity contribution < 1.29 is 9.84 Å². The Morgan fingerprint density at radius 3 is 2.79 bits per heavy atom. The zero-order chi connectivity index (χ0) is 10.6. The molecule has 1 aromatic carbocycles. The fraction of sp³-hybridized carbons (Fsp3) is 0.400. The second-order valence-electron chi connectivity index (χ2n) is 2.97. The predicted octanol–water partition coefficient (Wildman–Crippen LogP) is 1.82. The van der Waals surface area contributed by atoms with Gasteiger partial charge in [-0.15, -0.1) is 0 Å². The van der Waals surface area contributed by atoms with Gasteiger partial charge in [-0.05, 0) is 31.6 Å². The summed E-state index contributed by atoms with van der Waals surface area (Å²) in [6, 6.07) is 3.26. The number of methoxy groups -OCH3 is 1. The molecule has 0 saturated carbocycles. The Labute approximate surface area is 88.7 Å². The van der Waals surface area contributed by atoms with Crippen LogP contribution in [0.5, 0.6) is 11.5 Å². The molecular weight excluding hydrogens is 202 g/mol. The molecule has 0 unspecified atom stereocenters. The van der Waals surface area contributed by atoms with Crippen molar-refractivity contribution in [1.82, 2.24) is 5.32 Å². The van der Waals surface area contributed by atoms with Crippen LogP contribution in [0.1, 0.15) is 5.56 Å². The maximum atomic E-state index is 9.51. The summed E-state index contributed by atoms with van der Waals surface area (Å²) >= 11 is 6.00. The number of halogens is 1. The van der Waals surface area contributed by atoms with Crippen molar-refractivity contribution in [2.75, 3.05) is 20.7 Å². The molecule has 4 heteroatoms. The summed E-state index contributed by atoms with van der Waals surface area (Å²) in [7, 11) is 3.37. The second-order valence-corrected chi connectivity index (χ2v) is 3.38. The summed E-state index contributed by atoms with van der Waals surface area (Å²) in [5.41, 5.74) is 0.916. The lowest BCUT2D eigenvalue weighted by atomic mass is 10.1. The molecule has 78 valence electrons. The van der Waals surface area contributed by atoms with Crippen LogP contribution in [0.25, 0.3) is 0 Å². The number of phenolic OH excluding ortho intramolecular Hbond substituents is 1. The van der Waals surface area contributed by atoms with Crippen molar-refractivity contribution >= 4 is 11.6 Å². The maximum absolute atomic E-state index is 9.51. The first kappa shape index (κ1) is 11.1. The van der Waals surface area contributed by atoms with Crippen molar-refractivity contribution in [3.8, 4) is 11.5 Å². The van der Waals surface area contributed by atoms with Gasteiger partial charge in [0.25, 0.3) is 0 Å². The lowest BCUT2D eigenvalue weighted by Crippen LogP contribution is -2.10. The summed E-state index contributed by atoms with van der Waals surface area (Å²) in [5.74, 6) is 0.534. The number of aromatic hydroxyl groups is 1. The highest BCUT2D eigenvalue weighted by Gasteiger charge is 2.07. The molecule has 0 amide bonds. The molecule has 0 spiro atoms. The third kappa shape index (κ3) is 2.53. The van der Waals surface area contributed by atoms with Crippen molar-refractivity contribution in [3.05, 3.63) is 22.7 Å². The highest BCUT2D eigenvalue weighted by Crippen LogP contribution is 2.32. The van der Waals surface area contributed by atoms with E-state index < -0.39 is 0 Å². The van der Waals surface area contributed by atoms with E-state index in [2.05, 4.69) is 5.32 Å². The Balaban J connectivity index is 2.90. The zero-order valence-electron chi connectivity index (χ0n) is 8.30. The molecule has 0 bridgehead atoms. The molecule has 0 atom stereocenters.